The summed E-state index contributed by atoms with van der Waals surface area (Å²) in [6, 6.07) is 0. The molecule has 1 atom stereocenters. The second kappa shape index (κ2) is 3.27. The number of carboxylic acid groups (broad SMARTS) is 1. The number of hydrogen-bond acceptors (Lipinski definition) is 5. The van der Waals surface area contributed by atoms with E-state index in [0.717, 1.165) is 0 Å². The number of imidazole rings is 1. The SMILES string of the molecule is O=C(O)C1(O)CCn2cnc([N+](=O)[O-])c2C1. The monoisotopic (exact) mass is 227 g/mol. The minimum absolute atomic E-state index is 0.0167. The van der Waals surface area contributed by atoms with Crippen molar-refractivity contribution in [2.45, 2.75) is 25.0 Å². The van der Waals surface area contributed by atoms with E-state index in [4.69, 9.17) is 5.11 Å². The highest BCUT2D eigenvalue weighted by Crippen LogP contribution is 2.29. The van der Waals surface area contributed by atoms with Gasteiger partial charge in [0.1, 0.15) is 5.69 Å². The molecule has 1 aromatic heterocycles. The molecule has 2 heterocycles. The maximum atomic E-state index is 10.8. The number of fused-ring (bicyclic) bond motifs is 1. The van der Waals surface area contributed by atoms with E-state index in [9.17, 15) is 20.0 Å². The standard InChI is InChI=1S/C8H9N3O5/c12-7(13)8(14)1-2-10-4-9-6(11(15)16)5(10)3-8/h4,14H,1-3H2,(H,12,13). The summed E-state index contributed by atoms with van der Waals surface area (Å²) in [7, 11) is 0. The molecule has 1 unspecified atom stereocenters. The van der Waals surface area contributed by atoms with Crippen LogP contribution in [0.1, 0.15) is 12.1 Å². The number of carbonyl (C=O) groups is 1. The molecule has 0 bridgehead atoms. The average molecular weight is 227 g/mol. The summed E-state index contributed by atoms with van der Waals surface area (Å²) in [5.41, 5.74) is -1.78. The van der Waals surface area contributed by atoms with E-state index in [2.05, 4.69) is 4.98 Å². The van der Waals surface area contributed by atoms with Crippen LogP contribution in [0.3, 0.4) is 0 Å². The summed E-state index contributed by atoms with van der Waals surface area (Å²) < 4.78 is 1.50. The van der Waals surface area contributed by atoms with Crippen molar-refractivity contribution in [3.63, 3.8) is 0 Å². The van der Waals surface area contributed by atoms with Gasteiger partial charge in [-0.05, 0) is 9.91 Å². The highest BCUT2D eigenvalue weighted by Gasteiger charge is 2.43. The van der Waals surface area contributed by atoms with Crippen molar-refractivity contribution < 1.29 is 19.9 Å². The van der Waals surface area contributed by atoms with Crippen LogP contribution >= 0.6 is 0 Å². The summed E-state index contributed by atoms with van der Waals surface area (Å²) in [6.45, 7) is 0.207. The maximum Gasteiger partial charge on any atom is 0.384 e. The summed E-state index contributed by atoms with van der Waals surface area (Å²) in [6.07, 6.45) is 1.01. The number of nitro groups is 1. The largest absolute Gasteiger partial charge is 0.479 e. The second-order valence-corrected chi connectivity index (χ2v) is 3.73. The molecule has 0 aromatic carbocycles. The molecule has 0 fully saturated rings. The van der Waals surface area contributed by atoms with E-state index in [1.54, 1.807) is 0 Å². The molecule has 86 valence electrons. The number of nitrogens with zero attached hydrogens (tertiary/aromatic N) is 3. The molecule has 0 saturated carbocycles. The van der Waals surface area contributed by atoms with Gasteiger partial charge in [-0.2, -0.15) is 0 Å². The Kier molecular flexibility index (Phi) is 2.16. The number of aryl methyl sites for hydroxylation is 1. The molecule has 16 heavy (non-hydrogen) atoms. The van der Waals surface area contributed by atoms with Gasteiger partial charge in [0.15, 0.2) is 5.60 Å². The van der Waals surface area contributed by atoms with E-state index in [0.29, 0.717) is 0 Å². The molecule has 0 amide bonds. The molecular weight excluding hydrogens is 218 g/mol. The fraction of sp³-hybridized carbons (Fsp3) is 0.500. The zero-order valence-corrected chi connectivity index (χ0v) is 8.16. The summed E-state index contributed by atoms with van der Waals surface area (Å²) in [5.74, 6) is -1.76. The molecule has 2 N–H and O–H groups in total. The topological polar surface area (TPSA) is 118 Å². The van der Waals surface area contributed by atoms with E-state index in [-0.39, 0.29) is 30.9 Å². The van der Waals surface area contributed by atoms with Gasteiger partial charge in [-0.15, -0.1) is 0 Å². The molecule has 1 aliphatic heterocycles. The molecule has 1 aromatic rings. The van der Waals surface area contributed by atoms with Crippen LogP contribution in [0.2, 0.25) is 0 Å². The number of rotatable bonds is 2. The number of carboxylic acids is 1. The molecule has 8 nitrogen and oxygen atoms in total. The molecule has 0 saturated heterocycles. The lowest BCUT2D eigenvalue weighted by Gasteiger charge is -2.27. The first-order chi connectivity index (χ1) is 7.44. The Morgan fingerprint density at radius 2 is 2.38 bits per heavy atom. The van der Waals surface area contributed by atoms with E-state index in [1.807, 2.05) is 0 Å². The first-order valence-electron chi connectivity index (χ1n) is 4.58. The maximum absolute atomic E-state index is 10.8. The van der Waals surface area contributed by atoms with E-state index < -0.39 is 16.5 Å². The van der Waals surface area contributed by atoms with Gasteiger partial charge in [0, 0.05) is 19.4 Å². The predicted octanol–water partition coefficient (Wildman–Crippen LogP) is -0.447. The number of hydrogen-bond donors (Lipinski definition) is 2. The van der Waals surface area contributed by atoms with Crippen molar-refractivity contribution in [2.75, 3.05) is 0 Å². The fourth-order valence-electron chi connectivity index (χ4n) is 1.78. The smallest absolute Gasteiger partial charge is 0.384 e. The molecule has 2 rings (SSSR count). The summed E-state index contributed by atoms with van der Waals surface area (Å²) >= 11 is 0. The minimum Gasteiger partial charge on any atom is -0.479 e. The minimum atomic E-state index is -1.93. The number of aromatic nitrogens is 2. The molecule has 0 radical (unpaired) electrons. The highest BCUT2D eigenvalue weighted by atomic mass is 16.6. The van der Waals surface area contributed by atoms with Crippen LogP contribution in [0, 0.1) is 10.1 Å². The van der Waals surface area contributed by atoms with Crippen molar-refractivity contribution in [3.8, 4) is 0 Å². The van der Waals surface area contributed by atoms with Crippen molar-refractivity contribution in [1.82, 2.24) is 9.55 Å². The van der Waals surface area contributed by atoms with Gasteiger partial charge >= 0.3 is 11.8 Å². The van der Waals surface area contributed by atoms with Crippen LogP contribution in [0.15, 0.2) is 6.33 Å². The third kappa shape index (κ3) is 1.43. The third-order valence-electron chi connectivity index (χ3n) is 2.72. The lowest BCUT2D eigenvalue weighted by molar-refractivity contribution is -0.390. The van der Waals surface area contributed by atoms with Gasteiger partial charge in [-0.1, -0.05) is 0 Å². The van der Waals surface area contributed by atoms with Gasteiger partial charge in [0.05, 0.1) is 0 Å². The Bertz CT molecular complexity index is 468. The molecule has 0 spiro atoms. The Morgan fingerprint density at radius 3 is 2.94 bits per heavy atom. The van der Waals surface area contributed by atoms with Crippen molar-refractivity contribution in [3.05, 3.63) is 22.1 Å². The summed E-state index contributed by atoms with van der Waals surface area (Å²) in [5, 5.41) is 29.2. The lowest BCUT2D eigenvalue weighted by Crippen LogP contribution is -2.45. The highest BCUT2D eigenvalue weighted by molar-refractivity contribution is 5.77. The molecular formula is C8H9N3O5. The van der Waals surface area contributed by atoms with Crippen LogP contribution in [0.4, 0.5) is 5.82 Å². The first kappa shape index (κ1) is 10.6. The van der Waals surface area contributed by atoms with Gasteiger partial charge in [0.2, 0.25) is 6.33 Å². The Balaban J connectivity index is 2.42. The first-order valence-corrected chi connectivity index (χ1v) is 4.58. The van der Waals surface area contributed by atoms with Gasteiger partial charge < -0.3 is 24.9 Å². The summed E-state index contributed by atoms with van der Waals surface area (Å²) in [4.78, 5) is 24.4. The lowest BCUT2D eigenvalue weighted by atomic mass is 9.91. The van der Waals surface area contributed by atoms with Gasteiger partial charge in [0.25, 0.3) is 0 Å². The van der Waals surface area contributed by atoms with Crippen molar-refractivity contribution in [1.29, 1.82) is 0 Å². The van der Waals surface area contributed by atoms with Crippen LogP contribution < -0.4 is 0 Å². The van der Waals surface area contributed by atoms with Crippen LogP contribution in [0.5, 0.6) is 0 Å². The van der Waals surface area contributed by atoms with E-state index in [1.165, 1.54) is 10.9 Å². The number of aliphatic carboxylic acids is 1. The Hall–Kier alpha value is -1.96. The zero-order chi connectivity index (χ0) is 11.9. The van der Waals surface area contributed by atoms with Crippen LogP contribution in [0.25, 0.3) is 0 Å². The zero-order valence-electron chi connectivity index (χ0n) is 8.16. The van der Waals surface area contributed by atoms with E-state index >= 15 is 0 Å². The Labute approximate surface area is 89.3 Å². The fourth-order valence-corrected chi connectivity index (χ4v) is 1.78. The average Bonchev–Trinajstić information content (AvgIpc) is 2.59. The number of aliphatic hydroxyl groups is 1. The van der Waals surface area contributed by atoms with Crippen molar-refractivity contribution >= 4 is 11.8 Å². The second-order valence-electron chi connectivity index (χ2n) is 3.73. The van der Waals surface area contributed by atoms with Crippen LogP contribution in [-0.2, 0) is 17.8 Å². The molecule has 8 heteroatoms. The quantitative estimate of drug-likeness (QED) is 0.521. The van der Waals surface area contributed by atoms with Crippen molar-refractivity contribution in [2.24, 2.45) is 0 Å². The molecule has 0 aliphatic carbocycles. The van der Waals surface area contributed by atoms with Gasteiger partial charge in [-0.3, -0.25) is 0 Å². The Morgan fingerprint density at radius 1 is 1.69 bits per heavy atom. The third-order valence-corrected chi connectivity index (χ3v) is 2.72. The molecule has 1 aliphatic rings. The normalized spacial score (nSPS) is 23.8. The van der Waals surface area contributed by atoms with Gasteiger partial charge in [-0.25, -0.2) is 4.79 Å². The van der Waals surface area contributed by atoms with Crippen LogP contribution in [-0.4, -0.2) is 36.3 Å². The predicted molar refractivity (Wildman–Crippen MR) is 49.8 cm³/mol.